The number of methoxy groups -OCH3 is 1. The van der Waals surface area contributed by atoms with Crippen LogP contribution >= 0.6 is 0 Å². The van der Waals surface area contributed by atoms with Crippen molar-refractivity contribution in [1.82, 2.24) is 19.9 Å². The molecule has 0 saturated heterocycles. The predicted octanol–water partition coefficient (Wildman–Crippen LogP) is 1.51. The van der Waals surface area contributed by atoms with Crippen LogP contribution in [0.5, 0.6) is 5.75 Å². The Balaban J connectivity index is 1.70. The van der Waals surface area contributed by atoms with Gasteiger partial charge in [0.15, 0.2) is 11.5 Å². The topological polar surface area (TPSA) is 96.0 Å². The number of aliphatic hydroxyl groups excluding tert-OH is 1. The first-order valence-corrected chi connectivity index (χ1v) is 6.48. The van der Waals surface area contributed by atoms with Crippen molar-refractivity contribution in [1.29, 1.82) is 0 Å². The van der Waals surface area contributed by atoms with E-state index in [1.54, 1.807) is 13.4 Å². The van der Waals surface area contributed by atoms with Crippen molar-refractivity contribution in [2.75, 3.05) is 19.0 Å². The molecule has 1 atom stereocenters. The molecule has 0 bridgehead atoms. The van der Waals surface area contributed by atoms with Gasteiger partial charge in [0, 0.05) is 6.54 Å². The van der Waals surface area contributed by atoms with Crippen LogP contribution < -0.4 is 10.1 Å². The summed E-state index contributed by atoms with van der Waals surface area (Å²) in [4.78, 5) is 15.2. The highest BCUT2D eigenvalue weighted by Gasteiger charge is 2.10. The molecule has 0 unspecified atom stereocenters. The molecular weight excluding hydrogens is 270 g/mol. The number of ether oxygens (including phenoxy) is 1. The number of hydrogen-bond donors (Lipinski definition) is 3. The van der Waals surface area contributed by atoms with E-state index >= 15 is 0 Å². The number of benzene rings is 1. The standard InChI is InChI=1S/C14H15N5O2/c1-21-10-4-2-9(3-5-10)11(20)6-15-13-12-14(17-7-16-12)19-8-18-13/h2-5,7-8,11,20H,6H2,1H3,(H2,15,16,17,18,19)/t11-/m1/s1. The second kappa shape index (κ2) is 5.76. The van der Waals surface area contributed by atoms with Crippen molar-refractivity contribution in [3.63, 3.8) is 0 Å². The van der Waals surface area contributed by atoms with Crippen LogP contribution in [0, 0.1) is 0 Å². The summed E-state index contributed by atoms with van der Waals surface area (Å²) in [6.45, 7) is 0.331. The van der Waals surface area contributed by atoms with E-state index in [-0.39, 0.29) is 0 Å². The quantitative estimate of drug-likeness (QED) is 0.657. The van der Waals surface area contributed by atoms with Gasteiger partial charge in [-0.2, -0.15) is 0 Å². The summed E-state index contributed by atoms with van der Waals surface area (Å²) in [5.74, 6) is 1.37. The van der Waals surface area contributed by atoms with E-state index in [9.17, 15) is 5.11 Å². The van der Waals surface area contributed by atoms with Gasteiger partial charge in [0.2, 0.25) is 0 Å². The van der Waals surface area contributed by atoms with Crippen LogP contribution in [0.25, 0.3) is 11.2 Å². The van der Waals surface area contributed by atoms with E-state index in [4.69, 9.17) is 4.74 Å². The minimum absolute atomic E-state index is 0.331. The van der Waals surface area contributed by atoms with Gasteiger partial charge in [0.05, 0.1) is 19.5 Å². The Morgan fingerprint density at radius 2 is 2.05 bits per heavy atom. The molecule has 0 saturated carbocycles. The molecule has 0 aliphatic carbocycles. The maximum Gasteiger partial charge on any atom is 0.182 e. The number of rotatable bonds is 5. The van der Waals surface area contributed by atoms with Crippen LogP contribution in [-0.4, -0.2) is 38.7 Å². The lowest BCUT2D eigenvalue weighted by Crippen LogP contribution is -2.13. The van der Waals surface area contributed by atoms with E-state index in [2.05, 4.69) is 25.3 Å². The molecule has 0 amide bonds. The molecule has 7 nitrogen and oxygen atoms in total. The van der Waals surface area contributed by atoms with Crippen LogP contribution in [0.4, 0.5) is 5.82 Å². The van der Waals surface area contributed by atoms with Crippen molar-refractivity contribution in [2.45, 2.75) is 6.10 Å². The fraction of sp³-hybridized carbons (Fsp3) is 0.214. The molecule has 2 heterocycles. The smallest absolute Gasteiger partial charge is 0.182 e. The monoisotopic (exact) mass is 285 g/mol. The molecule has 3 rings (SSSR count). The number of aromatic nitrogens is 4. The van der Waals surface area contributed by atoms with Crippen molar-refractivity contribution in [3.05, 3.63) is 42.5 Å². The van der Waals surface area contributed by atoms with Gasteiger partial charge in [-0.1, -0.05) is 12.1 Å². The van der Waals surface area contributed by atoms with Crippen LogP contribution in [0.15, 0.2) is 36.9 Å². The first-order valence-electron chi connectivity index (χ1n) is 6.48. The molecule has 0 spiro atoms. The molecule has 7 heteroatoms. The third-order valence-corrected chi connectivity index (χ3v) is 3.19. The van der Waals surface area contributed by atoms with E-state index in [0.29, 0.717) is 18.0 Å². The van der Waals surface area contributed by atoms with Gasteiger partial charge in [-0.15, -0.1) is 0 Å². The molecule has 0 radical (unpaired) electrons. The lowest BCUT2D eigenvalue weighted by Gasteiger charge is -2.13. The zero-order chi connectivity index (χ0) is 14.7. The van der Waals surface area contributed by atoms with Crippen LogP contribution in [0.3, 0.4) is 0 Å². The van der Waals surface area contributed by atoms with Crippen molar-refractivity contribution in [3.8, 4) is 5.75 Å². The maximum atomic E-state index is 10.2. The highest BCUT2D eigenvalue weighted by atomic mass is 16.5. The van der Waals surface area contributed by atoms with Gasteiger partial charge >= 0.3 is 0 Å². The number of H-pyrrole nitrogens is 1. The van der Waals surface area contributed by atoms with E-state index in [1.165, 1.54) is 6.33 Å². The zero-order valence-electron chi connectivity index (χ0n) is 11.4. The number of imidazole rings is 1. The Labute approximate surface area is 121 Å². The van der Waals surface area contributed by atoms with Gasteiger partial charge in [-0.3, -0.25) is 0 Å². The number of fused-ring (bicyclic) bond motifs is 1. The Hall–Kier alpha value is -2.67. The second-order valence-corrected chi connectivity index (χ2v) is 4.49. The number of anilines is 1. The van der Waals surface area contributed by atoms with Crippen LogP contribution in [0.1, 0.15) is 11.7 Å². The number of nitrogens with zero attached hydrogens (tertiary/aromatic N) is 3. The number of hydrogen-bond acceptors (Lipinski definition) is 6. The van der Waals surface area contributed by atoms with Gasteiger partial charge in [-0.05, 0) is 17.7 Å². The number of nitrogens with one attached hydrogen (secondary N) is 2. The third kappa shape index (κ3) is 2.77. The second-order valence-electron chi connectivity index (χ2n) is 4.49. The molecule has 2 aromatic heterocycles. The summed E-state index contributed by atoms with van der Waals surface area (Å²) < 4.78 is 5.09. The highest BCUT2D eigenvalue weighted by Crippen LogP contribution is 2.19. The first-order chi connectivity index (χ1) is 10.3. The Morgan fingerprint density at radius 1 is 1.24 bits per heavy atom. The van der Waals surface area contributed by atoms with E-state index in [1.807, 2.05) is 24.3 Å². The lowest BCUT2D eigenvalue weighted by atomic mass is 10.1. The average Bonchev–Trinajstić information content (AvgIpc) is 3.02. The average molecular weight is 285 g/mol. The molecule has 3 aromatic rings. The SMILES string of the molecule is COc1ccc([C@H](O)CNc2ncnc3nc[nH]c23)cc1. The molecule has 0 aliphatic heterocycles. The maximum absolute atomic E-state index is 10.2. The van der Waals surface area contributed by atoms with E-state index < -0.39 is 6.10 Å². The minimum Gasteiger partial charge on any atom is -0.497 e. The van der Waals surface area contributed by atoms with Gasteiger partial charge in [0.1, 0.15) is 17.6 Å². The first kappa shape index (κ1) is 13.3. The van der Waals surface area contributed by atoms with Gasteiger partial charge < -0.3 is 20.1 Å². The lowest BCUT2D eigenvalue weighted by molar-refractivity contribution is 0.191. The van der Waals surface area contributed by atoms with Crippen molar-refractivity contribution >= 4 is 17.0 Å². The van der Waals surface area contributed by atoms with Crippen LogP contribution in [-0.2, 0) is 0 Å². The Bertz CT molecular complexity index is 726. The zero-order valence-corrected chi connectivity index (χ0v) is 11.4. The number of aromatic amines is 1. The van der Waals surface area contributed by atoms with Gasteiger partial charge in [-0.25, -0.2) is 15.0 Å². The summed E-state index contributed by atoms with van der Waals surface area (Å²) >= 11 is 0. The van der Waals surface area contributed by atoms with Crippen molar-refractivity contribution < 1.29 is 9.84 Å². The molecule has 108 valence electrons. The molecule has 0 aliphatic rings. The van der Waals surface area contributed by atoms with Crippen LogP contribution in [0.2, 0.25) is 0 Å². The normalized spacial score (nSPS) is 12.3. The summed E-state index contributed by atoms with van der Waals surface area (Å²) in [7, 11) is 1.61. The predicted molar refractivity (Wildman–Crippen MR) is 78.1 cm³/mol. The molecular formula is C14H15N5O2. The van der Waals surface area contributed by atoms with Crippen molar-refractivity contribution in [2.24, 2.45) is 0 Å². The summed E-state index contributed by atoms with van der Waals surface area (Å²) in [6.07, 6.45) is 2.35. The summed E-state index contributed by atoms with van der Waals surface area (Å²) in [5, 5.41) is 13.3. The fourth-order valence-corrected chi connectivity index (χ4v) is 2.04. The Morgan fingerprint density at radius 3 is 2.81 bits per heavy atom. The number of aliphatic hydroxyl groups is 1. The summed E-state index contributed by atoms with van der Waals surface area (Å²) in [6, 6.07) is 7.29. The third-order valence-electron chi connectivity index (χ3n) is 3.19. The minimum atomic E-state index is -0.649. The molecule has 0 fully saturated rings. The molecule has 21 heavy (non-hydrogen) atoms. The van der Waals surface area contributed by atoms with Gasteiger partial charge in [0.25, 0.3) is 0 Å². The van der Waals surface area contributed by atoms with E-state index in [0.717, 1.165) is 16.8 Å². The highest BCUT2D eigenvalue weighted by molar-refractivity contribution is 5.81. The fourth-order valence-electron chi connectivity index (χ4n) is 2.04. The molecule has 3 N–H and O–H groups in total. The largest absolute Gasteiger partial charge is 0.497 e. The summed E-state index contributed by atoms with van der Waals surface area (Å²) in [5.41, 5.74) is 2.11. The Kier molecular flexibility index (Phi) is 3.65. The molecule has 1 aromatic carbocycles.